The Balaban J connectivity index is 1.90. The number of hydrogen-bond acceptors (Lipinski definition) is 6. The maximum atomic E-state index is 12.8. The van der Waals surface area contributed by atoms with E-state index in [1.807, 2.05) is 0 Å². The number of sulfone groups is 1. The van der Waals surface area contributed by atoms with E-state index >= 15 is 0 Å². The molecule has 3 aromatic carbocycles. The summed E-state index contributed by atoms with van der Waals surface area (Å²) in [5.74, 6) is -1.92. The molecule has 3 rings (SSSR count). The monoisotopic (exact) mass is 461 g/mol. The first kappa shape index (κ1) is 22.3. The zero-order chi connectivity index (χ0) is 22.8. The molecule has 8 nitrogen and oxygen atoms in total. The molecule has 0 amide bonds. The summed E-state index contributed by atoms with van der Waals surface area (Å²) in [5.41, 5.74) is 0.850. The number of rotatable bonds is 7. The number of carboxylic acids is 1. The van der Waals surface area contributed by atoms with Crippen LogP contribution in [0.15, 0.2) is 76.5 Å². The summed E-state index contributed by atoms with van der Waals surface area (Å²) in [6, 6.07) is 15.5. The Morgan fingerprint density at radius 2 is 1.55 bits per heavy atom. The lowest BCUT2D eigenvalue weighted by Gasteiger charge is -2.11. The fourth-order valence-corrected chi connectivity index (χ4v) is 4.83. The molecule has 0 aromatic heterocycles. The van der Waals surface area contributed by atoms with E-state index in [-0.39, 0.29) is 26.8 Å². The topological polar surface area (TPSA) is 138 Å². The third-order valence-corrected chi connectivity index (χ3v) is 7.68. The summed E-state index contributed by atoms with van der Waals surface area (Å²) in [5, 5.41) is 18.7. The third-order valence-electron chi connectivity index (χ3n) is 4.55. The molecule has 0 saturated carbocycles. The highest BCUT2D eigenvalue weighted by Crippen LogP contribution is 2.27. The van der Waals surface area contributed by atoms with Gasteiger partial charge in [0.25, 0.3) is 10.0 Å². The van der Waals surface area contributed by atoms with E-state index in [1.165, 1.54) is 30.3 Å². The SMILES string of the molecule is CCS(=O)(=O)c1ccc(-c2cccc(S(=O)(=O)Nc3ccc(C(=O)O)c(O)c3)c2)cc1. The largest absolute Gasteiger partial charge is 0.507 e. The van der Waals surface area contributed by atoms with Crippen molar-refractivity contribution in [3.8, 4) is 16.9 Å². The highest BCUT2D eigenvalue weighted by molar-refractivity contribution is 7.92. The van der Waals surface area contributed by atoms with E-state index in [0.29, 0.717) is 11.1 Å². The summed E-state index contributed by atoms with van der Waals surface area (Å²) in [4.78, 5) is 11.1. The number of carboxylic acid groups (broad SMARTS) is 1. The molecule has 0 atom stereocenters. The molecular weight excluding hydrogens is 442 g/mol. The zero-order valence-electron chi connectivity index (χ0n) is 16.3. The average Bonchev–Trinajstić information content (AvgIpc) is 2.73. The van der Waals surface area contributed by atoms with Crippen LogP contribution >= 0.6 is 0 Å². The number of aromatic carboxylic acids is 1. The van der Waals surface area contributed by atoms with Crippen molar-refractivity contribution in [1.29, 1.82) is 0 Å². The van der Waals surface area contributed by atoms with Gasteiger partial charge >= 0.3 is 5.97 Å². The van der Waals surface area contributed by atoms with Crippen LogP contribution in [0.2, 0.25) is 0 Å². The predicted octanol–water partition coefficient (Wildman–Crippen LogP) is 3.35. The Morgan fingerprint density at radius 3 is 2.13 bits per heavy atom. The average molecular weight is 462 g/mol. The third kappa shape index (κ3) is 4.86. The summed E-state index contributed by atoms with van der Waals surface area (Å²) < 4.78 is 51.7. The van der Waals surface area contributed by atoms with Gasteiger partial charge in [0, 0.05) is 6.07 Å². The summed E-state index contributed by atoms with van der Waals surface area (Å²) in [6.07, 6.45) is 0. The van der Waals surface area contributed by atoms with Crippen LogP contribution in [0.3, 0.4) is 0 Å². The number of phenols is 1. The van der Waals surface area contributed by atoms with Crippen LogP contribution in [-0.4, -0.2) is 38.8 Å². The molecule has 0 aliphatic carbocycles. The number of hydrogen-bond donors (Lipinski definition) is 3. The minimum atomic E-state index is -4.03. The van der Waals surface area contributed by atoms with E-state index in [1.54, 1.807) is 31.2 Å². The van der Waals surface area contributed by atoms with Crippen molar-refractivity contribution in [3.05, 3.63) is 72.3 Å². The lowest BCUT2D eigenvalue weighted by molar-refractivity contribution is 0.0693. The Morgan fingerprint density at radius 1 is 0.871 bits per heavy atom. The Kier molecular flexibility index (Phi) is 6.05. The van der Waals surface area contributed by atoms with Crippen molar-refractivity contribution in [1.82, 2.24) is 0 Å². The van der Waals surface area contributed by atoms with E-state index in [0.717, 1.165) is 12.1 Å². The highest BCUT2D eigenvalue weighted by Gasteiger charge is 2.18. The molecule has 0 aliphatic rings. The molecule has 162 valence electrons. The lowest BCUT2D eigenvalue weighted by Crippen LogP contribution is -2.13. The van der Waals surface area contributed by atoms with Crippen LogP contribution in [-0.2, 0) is 19.9 Å². The van der Waals surface area contributed by atoms with E-state index in [9.17, 15) is 26.7 Å². The van der Waals surface area contributed by atoms with Gasteiger partial charge in [0.1, 0.15) is 11.3 Å². The molecule has 0 unspecified atom stereocenters. The molecule has 0 heterocycles. The van der Waals surface area contributed by atoms with Crippen molar-refractivity contribution in [2.75, 3.05) is 10.5 Å². The number of carbonyl (C=O) groups is 1. The summed E-state index contributed by atoms with van der Waals surface area (Å²) in [7, 11) is -7.37. The molecule has 0 bridgehead atoms. The molecule has 10 heteroatoms. The number of sulfonamides is 1. The molecule has 0 aliphatic heterocycles. The fourth-order valence-electron chi connectivity index (χ4n) is 2.85. The van der Waals surface area contributed by atoms with Gasteiger partial charge in [0.2, 0.25) is 0 Å². The first-order valence-corrected chi connectivity index (χ1v) is 12.2. The number of anilines is 1. The zero-order valence-corrected chi connectivity index (χ0v) is 17.9. The highest BCUT2D eigenvalue weighted by atomic mass is 32.2. The number of aromatic hydroxyl groups is 1. The Bertz CT molecular complexity index is 1350. The Labute approximate surface area is 179 Å². The molecule has 0 saturated heterocycles. The minimum Gasteiger partial charge on any atom is -0.507 e. The van der Waals surface area contributed by atoms with Gasteiger partial charge in [0.15, 0.2) is 9.84 Å². The maximum absolute atomic E-state index is 12.8. The second-order valence-electron chi connectivity index (χ2n) is 6.60. The van der Waals surface area contributed by atoms with Crippen molar-refractivity contribution >= 4 is 31.5 Å². The van der Waals surface area contributed by atoms with Gasteiger partial charge in [-0.2, -0.15) is 0 Å². The minimum absolute atomic E-state index is 0.00188. The van der Waals surface area contributed by atoms with Gasteiger partial charge in [0.05, 0.1) is 21.2 Å². The molecule has 0 radical (unpaired) electrons. The van der Waals surface area contributed by atoms with Crippen molar-refractivity contribution in [3.63, 3.8) is 0 Å². The van der Waals surface area contributed by atoms with Crippen molar-refractivity contribution in [2.45, 2.75) is 16.7 Å². The van der Waals surface area contributed by atoms with Crippen LogP contribution in [0.4, 0.5) is 5.69 Å². The molecule has 3 N–H and O–H groups in total. The van der Waals surface area contributed by atoms with Crippen LogP contribution in [0.1, 0.15) is 17.3 Å². The van der Waals surface area contributed by atoms with Gasteiger partial charge in [-0.3, -0.25) is 4.72 Å². The van der Waals surface area contributed by atoms with Gasteiger partial charge in [-0.05, 0) is 47.5 Å². The fraction of sp³-hybridized carbons (Fsp3) is 0.0952. The van der Waals surface area contributed by atoms with Gasteiger partial charge < -0.3 is 10.2 Å². The van der Waals surface area contributed by atoms with Crippen LogP contribution in [0.5, 0.6) is 5.75 Å². The first-order valence-electron chi connectivity index (χ1n) is 9.06. The van der Waals surface area contributed by atoms with E-state index < -0.39 is 31.6 Å². The maximum Gasteiger partial charge on any atom is 0.339 e. The normalized spacial score (nSPS) is 11.8. The standard InChI is InChI=1S/C21H19NO7S2/c1-2-30(26,27)17-9-6-14(7-10-17)15-4-3-5-18(12-15)31(28,29)22-16-8-11-19(21(24)25)20(23)13-16/h3-13,22-23H,2H2,1H3,(H,24,25). The summed E-state index contributed by atoms with van der Waals surface area (Å²) >= 11 is 0. The molecule has 31 heavy (non-hydrogen) atoms. The first-order chi connectivity index (χ1) is 14.5. The lowest BCUT2D eigenvalue weighted by atomic mass is 10.1. The molecule has 0 spiro atoms. The molecular formula is C21H19NO7S2. The summed E-state index contributed by atoms with van der Waals surface area (Å²) in [6.45, 7) is 1.56. The molecule has 0 fully saturated rings. The predicted molar refractivity (Wildman–Crippen MR) is 115 cm³/mol. The smallest absolute Gasteiger partial charge is 0.339 e. The van der Waals surface area contributed by atoms with Crippen LogP contribution in [0, 0.1) is 0 Å². The number of nitrogens with one attached hydrogen (secondary N) is 1. The van der Waals surface area contributed by atoms with Gasteiger partial charge in [-0.25, -0.2) is 21.6 Å². The quantitative estimate of drug-likeness (QED) is 0.490. The second-order valence-corrected chi connectivity index (χ2v) is 10.6. The van der Waals surface area contributed by atoms with E-state index in [4.69, 9.17) is 5.11 Å². The van der Waals surface area contributed by atoms with Crippen LogP contribution in [0.25, 0.3) is 11.1 Å². The van der Waals surface area contributed by atoms with Gasteiger partial charge in [-0.15, -0.1) is 0 Å². The number of benzene rings is 3. The Hall–Kier alpha value is -3.37. The second kappa shape index (κ2) is 8.40. The van der Waals surface area contributed by atoms with Gasteiger partial charge in [-0.1, -0.05) is 31.2 Å². The molecule has 3 aromatic rings. The van der Waals surface area contributed by atoms with E-state index in [2.05, 4.69) is 4.72 Å². The van der Waals surface area contributed by atoms with Crippen molar-refractivity contribution < 1.29 is 31.8 Å². The van der Waals surface area contributed by atoms with Crippen molar-refractivity contribution in [2.24, 2.45) is 0 Å². The van der Waals surface area contributed by atoms with Crippen LogP contribution < -0.4 is 4.72 Å².